The first-order valence-electron chi connectivity index (χ1n) is 12.8. The molecule has 0 spiro atoms. The lowest BCUT2D eigenvalue weighted by Gasteiger charge is -2.20. The predicted octanol–water partition coefficient (Wildman–Crippen LogP) is 2.49. The molecule has 4 bridgehead atoms. The lowest BCUT2D eigenvalue weighted by Crippen LogP contribution is -2.44. The minimum atomic E-state index is -0.438. The van der Waals surface area contributed by atoms with E-state index in [4.69, 9.17) is 21.1 Å². The average molecular weight is 542 g/mol. The third-order valence-electron chi connectivity index (χ3n) is 6.65. The molecule has 0 saturated carbocycles. The Bertz CT molecular complexity index is 1320. The molecule has 4 heterocycles. The van der Waals surface area contributed by atoms with Crippen molar-refractivity contribution in [3.8, 4) is 5.75 Å². The Morgan fingerprint density at radius 1 is 1.26 bits per heavy atom. The first kappa shape index (κ1) is 26.2. The van der Waals surface area contributed by atoms with E-state index in [1.807, 2.05) is 12.3 Å². The molecule has 1 N–H and O–H groups in total. The minimum Gasteiger partial charge on any atom is -0.492 e. The molecule has 1 aromatic carbocycles. The van der Waals surface area contributed by atoms with Crippen LogP contribution in [0.2, 0.25) is 5.02 Å². The number of aromatic nitrogens is 5. The Hall–Kier alpha value is -3.44. The molecule has 38 heavy (non-hydrogen) atoms. The van der Waals surface area contributed by atoms with Gasteiger partial charge in [-0.05, 0) is 36.6 Å². The van der Waals surface area contributed by atoms with Gasteiger partial charge >= 0.3 is 0 Å². The van der Waals surface area contributed by atoms with Crippen molar-refractivity contribution < 1.29 is 19.1 Å². The number of likely N-dealkylation sites (tertiary alicyclic amines) is 1. The van der Waals surface area contributed by atoms with Crippen molar-refractivity contribution in [2.45, 2.75) is 52.0 Å². The van der Waals surface area contributed by atoms with Crippen LogP contribution in [-0.4, -0.2) is 73.3 Å². The summed E-state index contributed by atoms with van der Waals surface area (Å²) in [6.07, 6.45) is 2.87. The minimum absolute atomic E-state index is 0.153. The Morgan fingerprint density at radius 2 is 2.11 bits per heavy atom. The Balaban J connectivity index is 1.39. The van der Waals surface area contributed by atoms with Gasteiger partial charge in [0.2, 0.25) is 0 Å². The average Bonchev–Trinajstić information content (AvgIpc) is 3.59. The fourth-order valence-corrected chi connectivity index (χ4v) is 4.95. The fraction of sp³-hybridized carbons (Fsp3) is 0.500. The number of carbonyl (C=O) groups is 2. The predicted molar refractivity (Wildman–Crippen MR) is 139 cm³/mol. The number of rotatable bonds is 3. The number of amides is 2. The van der Waals surface area contributed by atoms with Crippen LogP contribution in [0.1, 0.15) is 52.5 Å². The highest BCUT2D eigenvalue weighted by atomic mass is 35.5. The van der Waals surface area contributed by atoms with Crippen LogP contribution in [0.5, 0.6) is 5.75 Å². The second-order valence-corrected chi connectivity index (χ2v) is 10.6. The first-order valence-corrected chi connectivity index (χ1v) is 13.2. The normalized spacial score (nSPS) is 20.2. The molecule has 1 fully saturated rings. The molecule has 202 valence electrons. The standard InChI is InChI=1S/C26H32ClN7O4/c1-16(2)9-18-11-22(32(3)30-18)26(36)33-13-21-24(14-33)38-15-19-12-34(31-29-19)7-4-8-37-23-10-17(25(35)28-21)5-6-20(23)27/h5-6,10-12,16,21,24H,4,7-9,13-15H2,1-3H3,(H,28,35)/t21-,24-/m0/s1. The molecule has 2 aromatic heterocycles. The van der Waals surface area contributed by atoms with Gasteiger partial charge in [-0.2, -0.15) is 5.10 Å². The van der Waals surface area contributed by atoms with E-state index in [1.165, 1.54) is 0 Å². The highest BCUT2D eigenvalue weighted by Crippen LogP contribution is 2.26. The molecule has 5 rings (SSSR count). The van der Waals surface area contributed by atoms with Crippen molar-refractivity contribution >= 4 is 23.4 Å². The van der Waals surface area contributed by atoms with Gasteiger partial charge in [-0.25, -0.2) is 0 Å². The summed E-state index contributed by atoms with van der Waals surface area (Å²) in [7, 11) is 1.77. The monoisotopic (exact) mass is 541 g/mol. The van der Waals surface area contributed by atoms with Crippen LogP contribution < -0.4 is 10.1 Å². The van der Waals surface area contributed by atoms with E-state index in [0.29, 0.717) is 66.3 Å². The summed E-state index contributed by atoms with van der Waals surface area (Å²) in [5, 5.41) is 16.3. The number of hydrogen-bond acceptors (Lipinski definition) is 7. The van der Waals surface area contributed by atoms with Gasteiger partial charge in [-0.3, -0.25) is 19.0 Å². The number of benzene rings is 1. The number of hydrogen-bond donors (Lipinski definition) is 1. The number of ether oxygens (including phenoxy) is 2. The first-order chi connectivity index (χ1) is 18.3. The summed E-state index contributed by atoms with van der Waals surface area (Å²) >= 11 is 6.30. The van der Waals surface area contributed by atoms with Gasteiger partial charge in [-0.1, -0.05) is 30.7 Å². The highest BCUT2D eigenvalue weighted by molar-refractivity contribution is 6.32. The second kappa shape index (κ2) is 11.1. The quantitative estimate of drug-likeness (QED) is 0.541. The van der Waals surface area contributed by atoms with Crippen LogP contribution >= 0.6 is 11.6 Å². The number of nitrogens with one attached hydrogen (secondary N) is 1. The maximum atomic E-state index is 13.5. The lowest BCUT2D eigenvalue weighted by atomic mass is 10.1. The SMILES string of the molecule is CC(C)Cc1cc(C(=O)N2C[C@@H]3NC(=O)c4ccc(Cl)c(c4)OCCCn4cc(nn4)CO[C@H]3C2)n(C)n1. The molecule has 3 aromatic rings. The van der Waals surface area contributed by atoms with E-state index in [1.54, 1.807) is 39.5 Å². The van der Waals surface area contributed by atoms with Crippen LogP contribution in [0.15, 0.2) is 30.5 Å². The molecule has 2 aliphatic rings. The van der Waals surface area contributed by atoms with Crippen molar-refractivity contribution in [2.24, 2.45) is 13.0 Å². The highest BCUT2D eigenvalue weighted by Gasteiger charge is 2.38. The topological polar surface area (TPSA) is 116 Å². The Kier molecular flexibility index (Phi) is 7.66. The van der Waals surface area contributed by atoms with Crippen LogP contribution in [0.3, 0.4) is 0 Å². The largest absolute Gasteiger partial charge is 0.492 e. The van der Waals surface area contributed by atoms with Crippen LogP contribution in [-0.2, 0) is 31.4 Å². The number of halogens is 1. The molecular formula is C26H32ClN7O4. The molecule has 12 heteroatoms. The molecule has 11 nitrogen and oxygen atoms in total. The van der Waals surface area contributed by atoms with Gasteiger partial charge < -0.3 is 19.7 Å². The molecule has 2 aliphatic heterocycles. The summed E-state index contributed by atoms with van der Waals surface area (Å²) in [6, 6.07) is 6.35. The van der Waals surface area contributed by atoms with Crippen LogP contribution in [0.25, 0.3) is 0 Å². The summed E-state index contributed by atoms with van der Waals surface area (Å²) in [5.41, 5.74) is 2.48. The zero-order valence-corrected chi connectivity index (χ0v) is 22.5. The van der Waals surface area contributed by atoms with Gasteiger partial charge in [0, 0.05) is 38.7 Å². The number of carbonyl (C=O) groups excluding carboxylic acids is 2. The van der Waals surface area contributed by atoms with Gasteiger partial charge in [0.25, 0.3) is 11.8 Å². The van der Waals surface area contributed by atoms with Gasteiger partial charge in [0.1, 0.15) is 17.1 Å². The van der Waals surface area contributed by atoms with Crippen LogP contribution in [0.4, 0.5) is 0 Å². The zero-order valence-electron chi connectivity index (χ0n) is 21.8. The number of aryl methyl sites for hydroxylation is 2. The van der Waals surface area contributed by atoms with Gasteiger partial charge in [0.15, 0.2) is 0 Å². The number of fused-ring (bicyclic) bond motifs is 5. The van der Waals surface area contributed by atoms with Crippen molar-refractivity contribution in [3.63, 3.8) is 0 Å². The maximum absolute atomic E-state index is 13.5. The van der Waals surface area contributed by atoms with Crippen molar-refractivity contribution in [1.29, 1.82) is 0 Å². The van der Waals surface area contributed by atoms with E-state index >= 15 is 0 Å². The van der Waals surface area contributed by atoms with Crippen molar-refractivity contribution in [3.05, 3.63) is 58.1 Å². The molecule has 2 atom stereocenters. The summed E-state index contributed by atoms with van der Waals surface area (Å²) < 4.78 is 15.4. The van der Waals surface area contributed by atoms with Gasteiger partial charge in [0.05, 0.1) is 42.3 Å². The van der Waals surface area contributed by atoms with E-state index in [0.717, 1.165) is 12.1 Å². The van der Waals surface area contributed by atoms with E-state index in [2.05, 4.69) is 34.6 Å². The van der Waals surface area contributed by atoms with Crippen molar-refractivity contribution in [2.75, 3.05) is 19.7 Å². The molecule has 2 amide bonds. The summed E-state index contributed by atoms with van der Waals surface area (Å²) in [4.78, 5) is 28.4. The molecular weight excluding hydrogens is 510 g/mol. The molecule has 0 radical (unpaired) electrons. The summed E-state index contributed by atoms with van der Waals surface area (Å²) in [5.74, 6) is 0.421. The zero-order chi connectivity index (χ0) is 26.8. The molecule has 0 unspecified atom stereocenters. The van der Waals surface area contributed by atoms with Crippen molar-refractivity contribution in [1.82, 2.24) is 35.0 Å². The van der Waals surface area contributed by atoms with E-state index < -0.39 is 12.1 Å². The van der Waals surface area contributed by atoms with Crippen LogP contribution in [0, 0.1) is 5.92 Å². The third-order valence-corrected chi connectivity index (χ3v) is 6.96. The maximum Gasteiger partial charge on any atom is 0.272 e. The Labute approximate surface area is 226 Å². The van der Waals surface area contributed by atoms with E-state index in [-0.39, 0.29) is 18.4 Å². The molecule has 0 aliphatic carbocycles. The second-order valence-electron chi connectivity index (χ2n) is 10.2. The summed E-state index contributed by atoms with van der Waals surface area (Å²) in [6.45, 7) is 6.08. The molecule has 1 saturated heterocycles. The Morgan fingerprint density at radius 3 is 2.92 bits per heavy atom. The third kappa shape index (κ3) is 5.83. The fourth-order valence-electron chi connectivity index (χ4n) is 4.78. The van der Waals surface area contributed by atoms with Gasteiger partial charge in [-0.15, -0.1) is 5.10 Å². The smallest absolute Gasteiger partial charge is 0.272 e. The number of nitrogens with zero attached hydrogens (tertiary/aromatic N) is 6. The van der Waals surface area contributed by atoms with E-state index in [9.17, 15) is 9.59 Å². The lowest BCUT2D eigenvalue weighted by molar-refractivity contribution is 0.0290.